The Labute approximate surface area is 262 Å². The van der Waals surface area contributed by atoms with E-state index in [2.05, 4.69) is 62.9 Å². The maximum absolute atomic E-state index is 14.0. The van der Waals surface area contributed by atoms with Gasteiger partial charge in [-0.3, -0.25) is 4.98 Å². The predicted octanol–water partition coefficient (Wildman–Crippen LogP) is 6.95. The molecule has 0 saturated heterocycles. The summed E-state index contributed by atoms with van der Waals surface area (Å²) in [5.41, 5.74) is 2.43. The summed E-state index contributed by atoms with van der Waals surface area (Å²) in [6.45, 7) is 8.71. The average molecular weight is 635 g/mol. The zero-order valence-electron chi connectivity index (χ0n) is 25.0. The molecule has 1 aliphatic rings. The van der Waals surface area contributed by atoms with Crippen molar-refractivity contribution in [3.8, 4) is 11.8 Å². The Morgan fingerprint density at radius 1 is 1.18 bits per heavy atom. The van der Waals surface area contributed by atoms with E-state index in [1.165, 1.54) is 18.7 Å². The van der Waals surface area contributed by atoms with Crippen LogP contribution in [0.4, 0.5) is 24.5 Å². The lowest BCUT2D eigenvalue weighted by molar-refractivity contribution is -0.182. The summed E-state index contributed by atoms with van der Waals surface area (Å²) in [5.74, 6) is 0. The molecule has 232 valence electrons. The van der Waals surface area contributed by atoms with Crippen LogP contribution < -0.4 is 10.6 Å². The maximum atomic E-state index is 14.0. The van der Waals surface area contributed by atoms with E-state index in [0.717, 1.165) is 21.5 Å². The molecule has 3 aromatic heterocycles. The molecule has 5 aromatic rings. The van der Waals surface area contributed by atoms with E-state index in [1.54, 1.807) is 17.1 Å². The van der Waals surface area contributed by atoms with Crippen molar-refractivity contribution in [2.45, 2.75) is 58.3 Å². The van der Waals surface area contributed by atoms with Crippen LogP contribution in [0.2, 0.25) is 5.02 Å². The predicted molar refractivity (Wildman–Crippen MR) is 164 cm³/mol. The zero-order chi connectivity index (χ0) is 32.1. The molecule has 0 radical (unpaired) electrons. The van der Waals surface area contributed by atoms with Gasteiger partial charge in [-0.15, -0.1) is 5.10 Å². The van der Waals surface area contributed by atoms with E-state index in [4.69, 9.17) is 11.6 Å². The number of nitrogens with one attached hydrogen (secondary N) is 2. The number of fused-ring (bicyclic) bond motifs is 1. The van der Waals surface area contributed by atoms with Crippen molar-refractivity contribution in [1.82, 2.24) is 34.7 Å². The summed E-state index contributed by atoms with van der Waals surface area (Å²) in [6.07, 6.45) is 1.26. The van der Waals surface area contributed by atoms with Gasteiger partial charge in [0.25, 0.3) is 0 Å². The maximum Gasteiger partial charge on any atom is 0.413 e. The largest absolute Gasteiger partial charge is 0.413 e. The van der Waals surface area contributed by atoms with E-state index in [-0.39, 0.29) is 24.0 Å². The minimum absolute atomic E-state index is 0.0585. The third-order valence-corrected chi connectivity index (χ3v) is 8.26. The van der Waals surface area contributed by atoms with Crippen LogP contribution in [0.25, 0.3) is 16.6 Å². The molecule has 1 unspecified atom stereocenters. The van der Waals surface area contributed by atoms with Crippen LogP contribution in [0.5, 0.6) is 0 Å². The number of pyridine rings is 1. The third-order valence-electron chi connectivity index (χ3n) is 7.97. The van der Waals surface area contributed by atoms with Crippen LogP contribution >= 0.6 is 11.6 Å². The highest BCUT2D eigenvalue weighted by Crippen LogP contribution is 2.55. The molecule has 6 rings (SSSR count). The molecule has 1 fully saturated rings. The monoisotopic (exact) mass is 634 g/mol. The summed E-state index contributed by atoms with van der Waals surface area (Å²) in [5, 5.41) is 30.1. The quantitative estimate of drug-likeness (QED) is 0.188. The van der Waals surface area contributed by atoms with E-state index in [0.29, 0.717) is 39.4 Å². The standard InChI is InChI=1S/C31H30ClF3N10/c1-18-21(6-5-7-25(18)44-17-37-16-40-44)28(24-14-45(43-42-24)30(8-9-30)31(33,34)35)41-20-10-22-26(39-15-29(2,3)4)19(12-36)13-38-27(22)23(32)11-20/h5-7,10-11,13-14,16-17,28,41H,8-9,15H2,1-4H3,(H,38,39). The van der Waals surface area contributed by atoms with Gasteiger partial charge in [0.1, 0.15) is 24.4 Å². The SMILES string of the molecule is Cc1c(C(Nc2cc(Cl)c3ncc(C#N)c(NCC(C)(C)C)c3c2)c2cn(C3(C(F)(F)F)CC3)nn2)cccc1-n1cncn1. The molecule has 0 amide bonds. The number of nitrogens with zero attached hydrogens (tertiary/aromatic N) is 8. The second-order valence-corrected chi connectivity index (χ2v) is 12.9. The van der Waals surface area contributed by atoms with Crippen LogP contribution in [0.1, 0.15) is 62.0 Å². The van der Waals surface area contributed by atoms with Crippen molar-refractivity contribution < 1.29 is 13.2 Å². The number of hydrogen-bond acceptors (Lipinski definition) is 8. The molecule has 2 aromatic carbocycles. The first-order valence-electron chi connectivity index (χ1n) is 14.3. The van der Waals surface area contributed by atoms with E-state index < -0.39 is 17.8 Å². The van der Waals surface area contributed by atoms with Crippen molar-refractivity contribution in [3.63, 3.8) is 0 Å². The van der Waals surface area contributed by atoms with Crippen molar-refractivity contribution in [2.24, 2.45) is 5.41 Å². The molecule has 1 aliphatic carbocycles. The first kappa shape index (κ1) is 30.3. The van der Waals surface area contributed by atoms with Gasteiger partial charge >= 0.3 is 6.18 Å². The number of aromatic nitrogens is 7. The smallest absolute Gasteiger partial charge is 0.383 e. The third kappa shape index (κ3) is 5.66. The Hall–Kier alpha value is -4.70. The number of anilines is 2. The Morgan fingerprint density at radius 3 is 2.60 bits per heavy atom. The normalized spacial score (nSPS) is 15.1. The highest BCUT2D eigenvalue weighted by atomic mass is 35.5. The summed E-state index contributed by atoms with van der Waals surface area (Å²) in [4.78, 5) is 8.48. The summed E-state index contributed by atoms with van der Waals surface area (Å²) in [6, 6.07) is 10.6. The molecule has 10 nitrogen and oxygen atoms in total. The highest BCUT2D eigenvalue weighted by molar-refractivity contribution is 6.35. The second-order valence-electron chi connectivity index (χ2n) is 12.5. The molecule has 0 spiro atoms. The lowest BCUT2D eigenvalue weighted by atomic mass is 9.96. The summed E-state index contributed by atoms with van der Waals surface area (Å²) < 4.78 is 44.5. The number of alkyl halides is 3. The molecule has 1 atom stereocenters. The van der Waals surface area contributed by atoms with Gasteiger partial charge in [0.2, 0.25) is 0 Å². The summed E-state index contributed by atoms with van der Waals surface area (Å²) >= 11 is 6.75. The van der Waals surface area contributed by atoms with Crippen LogP contribution in [-0.2, 0) is 5.54 Å². The molecule has 3 heterocycles. The number of benzene rings is 2. The Balaban J connectivity index is 1.48. The van der Waals surface area contributed by atoms with E-state index in [1.807, 2.05) is 31.2 Å². The van der Waals surface area contributed by atoms with Gasteiger partial charge in [0, 0.05) is 23.8 Å². The molecular formula is C31H30ClF3N10. The first-order valence-corrected chi connectivity index (χ1v) is 14.7. The summed E-state index contributed by atoms with van der Waals surface area (Å²) in [7, 11) is 0. The molecule has 1 saturated carbocycles. The van der Waals surface area contributed by atoms with Gasteiger partial charge < -0.3 is 10.6 Å². The van der Waals surface area contributed by atoms with Crippen LogP contribution in [0, 0.1) is 23.7 Å². The van der Waals surface area contributed by atoms with Crippen molar-refractivity contribution in [3.05, 3.63) is 82.8 Å². The highest BCUT2D eigenvalue weighted by Gasteiger charge is 2.66. The fourth-order valence-corrected chi connectivity index (χ4v) is 5.63. The second kappa shape index (κ2) is 11.0. The molecule has 2 N–H and O–H groups in total. The molecular weight excluding hydrogens is 605 g/mol. The minimum atomic E-state index is -4.46. The van der Waals surface area contributed by atoms with Gasteiger partial charge in [-0.1, -0.05) is 49.7 Å². The van der Waals surface area contributed by atoms with E-state index in [9.17, 15) is 18.4 Å². The van der Waals surface area contributed by atoms with Crippen LogP contribution in [-0.4, -0.2) is 47.5 Å². The lowest BCUT2D eigenvalue weighted by Gasteiger charge is -2.24. The number of nitriles is 1. The van der Waals surface area contributed by atoms with Gasteiger partial charge in [-0.2, -0.15) is 23.5 Å². The average Bonchev–Trinajstić information content (AvgIpc) is 3.38. The van der Waals surface area contributed by atoms with Crippen molar-refractivity contribution >= 4 is 33.9 Å². The molecule has 0 aliphatic heterocycles. The number of halogens is 4. The lowest BCUT2D eigenvalue weighted by Crippen LogP contribution is -2.35. The molecule has 0 bridgehead atoms. The molecule has 45 heavy (non-hydrogen) atoms. The van der Waals surface area contributed by atoms with Gasteiger partial charge in [0.15, 0.2) is 5.54 Å². The Kier molecular flexibility index (Phi) is 7.43. The van der Waals surface area contributed by atoms with Gasteiger partial charge in [-0.05, 0) is 54.5 Å². The van der Waals surface area contributed by atoms with Gasteiger partial charge in [-0.25, -0.2) is 14.3 Å². The fraction of sp³-hybridized carbons (Fsp3) is 0.355. The van der Waals surface area contributed by atoms with Crippen molar-refractivity contribution in [2.75, 3.05) is 17.2 Å². The number of hydrogen-bond donors (Lipinski definition) is 2. The minimum Gasteiger partial charge on any atom is -0.383 e. The topological polar surface area (TPSA) is 122 Å². The van der Waals surface area contributed by atoms with Crippen LogP contribution in [0.3, 0.4) is 0 Å². The Morgan fingerprint density at radius 2 is 1.96 bits per heavy atom. The van der Waals surface area contributed by atoms with Crippen LogP contribution in [0.15, 0.2) is 55.4 Å². The molecule has 14 heteroatoms. The first-order chi connectivity index (χ1) is 21.3. The zero-order valence-corrected chi connectivity index (χ0v) is 25.7. The number of rotatable bonds is 8. The fourth-order valence-electron chi connectivity index (χ4n) is 5.36. The van der Waals surface area contributed by atoms with E-state index >= 15 is 0 Å². The van der Waals surface area contributed by atoms with Crippen molar-refractivity contribution in [1.29, 1.82) is 5.26 Å². The Bertz CT molecular complexity index is 1920. The van der Waals surface area contributed by atoms with Gasteiger partial charge in [0.05, 0.1) is 39.7 Å².